The maximum Gasteiger partial charge on any atom is 0.341 e. The van der Waals surface area contributed by atoms with Crippen molar-refractivity contribution in [3.05, 3.63) is 58.9 Å². The molecular weight excluding hydrogens is 349 g/mol. The van der Waals surface area contributed by atoms with Gasteiger partial charge in [-0.05, 0) is 73.4 Å². The van der Waals surface area contributed by atoms with Gasteiger partial charge >= 0.3 is 5.97 Å². The molecule has 0 atom stereocenters. The zero-order chi connectivity index (χ0) is 19.0. The molecule has 2 bridgehead atoms. The number of ether oxygens (including phenoxy) is 1. The summed E-state index contributed by atoms with van der Waals surface area (Å²) in [6.07, 6.45) is 4.08. The lowest BCUT2D eigenvalue weighted by Gasteiger charge is -2.40. The number of benzene rings is 2. The van der Waals surface area contributed by atoms with E-state index in [9.17, 15) is 14.0 Å². The Kier molecular flexibility index (Phi) is 4.56. The highest BCUT2D eigenvalue weighted by Gasteiger charge is 2.38. The molecule has 5 nitrogen and oxygen atoms in total. The molecule has 27 heavy (non-hydrogen) atoms. The molecule has 1 fully saturated rings. The highest BCUT2D eigenvalue weighted by Crippen LogP contribution is 2.53. The van der Waals surface area contributed by atoms with Gasteiger partial charge < -0.3 is 15.2 Å². The van der Waals surface area contributed by atoms with Gasteiger partial charge in [-0.25, -0.2) is 9.18 Å². The lowest BCUT2D eigenvalue weighted by atomic mass is 9.65. The summed E-state index contributed by atoms with van der Waals surface area (Å²) in [5.74, 6) is -0.607. The molecule has 0 spiro atoms. The minimum Gasteiger partial charge on any atom is -0.482 e. The van der Waals surface area contributed by atoms with Crippen LogP contribution in [0.25, 0.3) is 0 Å². The first-order chi connectivity index (χ1) is 13.0. The molecule has 0 radical (unpaired) electrons. The van der Waals surface area contributed by atoms with E-state index >= 15 is 0 Å². The van der Waals surface area contributed by atoms with Gasteiger partial charge in [0.05, 0.1) is 0 Å². The largest absolute Gasteiger partial charge is 0.482 e. The molecular formula is C21H20FNO4. The first-order valence-electron chi connectivity index (χ1n) is 9.11. The lowest BCUT2D eigenvalue weighted by Crippen LogP contribution is -2.27. The van der Waals surface area contributed by atoms with Gasteiger partial charge in [-0.2, -0.15) is 0 Å². The highest BCUT2D eigenvalue weighted by atomic mass is 19.1. The fourth-order valence-electron chi connectivity index (χ4n) is 4.38. The van der Waals surface area contributed by atoms with Crippen LogP contribution in [0.5, 0.6) is 5.75 Å². The van der Waals surface area contributed by atoms with Crippen molar-refractivity contribution in [3.8, 4) is 5.75 Å². The van der Waals surface area contributed by atoms with Crippen molar-refractivity contribution in [2.45, 2.75) is 37.5 Å². The van der Waals surface area contributed by atoms with Gasteiger partial charge in [0.25, 0.3) is 5.91 Å². The number of carboxylic acid groups (broad SMARTS) is 1. The van der Waals surface area contributed by atoms with Crippen LogP contribution >= 0.6 is 0 Å². The van der Waals surface area contributed by atoms with E-state index in [1.165, 1.54) is 12.1 Å². The number of anilines is 1. The van der Waals surface area contributed by atoms with Crippen LogP contribution < -0.4 is 10.1 Å². The number of nitrogens with one attached hydrogen (secondary N) is 1. The summed E-state index contributed by atoms with van der Waals surface area (Å²) in [5.41, 5.74) is 2.91. The third kappa shape index (κ3) is 3.39. The van der Waals surface area contributed by atoms with E-state index in [0.29, 0.717) is 17.0 Å². The number of carbonyl (C=O) groups is 2. The van der Waals surface area contributed by atoms with Gasteiger partial charge in [-0.15, -0.1) is 0 Å². The summed E-state index contributed by atoms with van der Waals surface area (Å²) in [5, 5.41) is 11.7. The van der Waals surface area contributed by atoms with Crippen LogP contribution in [0.15, 0.2) is 36.4 Å². The van der Waals surface area contributed by atoms with Crippen LogP contribution in [0.1, 0.15) is 59.0 Å². The van der Waals surface area contributed by atoms with Crippen LogP contribution in [0.4, 0.5) is 10.1 Å². The molecule has 5 rings (SSSR count). The van der Waals surface area contributed by atoms with E-state index < -0.39 is 18.4 Å². The van der Waals surface area contributed by atoms with E-state index in [2.05, 4.69) is 5.32 Å². The summed E-state index contributed by atoms with van der Waals surface area (Å²) < 4.78 is 18.9. The molecule has 0 saturated heterocycles. The number of rotatable bonds is 5. The Labute approximate surface area is 156 Å². The van der Waals surface area contributed by atoms with E-state index in [4.69, 9.17) is 9.84 Å². The average molecular weight is 369 g/mol. The fourth-order valence-corrected chi connectivity index (χ4v) is 4.38. The Morgan fingerprint density at radius 1 is 1.07 bits per heavy atom. The summed E-state index contributed by atoms with van der Waals surface area (Å²) in [4.78, 5) is 23.8. The first kappa shape index (κ1) is 17.5. The third-order valence-electron chi connectivity index (χ3n) is 5.47. The molecule has 2 aromatic carbocycles. The smallest absolute Gasteiger partial charge is 0.341 e. The van der Waals surface area contributed by atoms with Crippen molar-refractivity contribution in [1.82, 2.24) is 0 Å². The van der Waals surface area contributed by atoms with Crippen molar-refractivity contribution < 1.29 is 23.8 Å². The Morgan fingerprint density at radius 2 is 1.78 bits per heavy atom. The number of halogens is 1. The quantitative estimate of drug-likeness (QED) is 0.824. The zero-order valence-electron chi connectivity index (χ0n) is 14.7. The van der Waals surface area contributed by atoms with Crippen LogP contribution in [0.2, 0.25) is 0 Å². The molecule has 3 aliphatic rings. The lowest BCUT2D eigenvalue weighted by molar-refractivity contribution is -0.139. The predicted molar refractivity (Wildman–Crippen MR) is 97.9 cm³/mol. The van der Waals surface area contributed by atoms with Gasteiger partial charge in [-0.3, -0.25) is 4.79 Å². The molecule has 1 saturated carbocycles. The fraction of sp³-hybridized carbons (Fsp3) is 0.333. The number of aliphatic carboxylic acids is 1. The summed E-state index contributed by atoms with van der Waals surface area (Å²) >= 11 is 0. The number of fused-ring (bicyclic) bond motifs is 2. The second kappa shape index (κ2) is 7.02. The molecule has 3 aliphatic carbocycles. The van der Waals surface area contributed by atoms with Gasteiger partial charge in [0.1, 0.15) is 11.6 Å². The number of amides is 1. The summed E-state index contributed by atoms with van der Waals surface area (Å²) in [6, 6.07) is 9.16. The standard InChI is InChI=1S/C21H20FNO4/c22-14-2-1-3-15(10-14)23-21(26)16-8-9-17(27-11-18(24)25)20-13-6-4-12(5-7-13)19(16)20/h1-3,8-10,12-13H,4-7,11H2,(H,23,26)(H,24,25). The first-order valence-corrected chi connectivity index (χ1v) is 9.11. The van der Waals surface area contributed by atoms with Crippen LogP contribution in [0, 0.1) is 5.82 Å². The molecule has 0 aliphatic heterocycles. The molecule has 2 aromatic rings. The molecule has 2 N–H and O–H groups in total. The van der Waals surface area contributed by atoms with Gasteiger partial charge in [0.15, 0.2) is 6.61 Å². The SMILES string of the molecule is O=C(O)COc1ccc(C(=O)Nc2cccc(F)c2)c2c1C1CCC2CC1. The van der Waals surface area contributed by atoms with Crippen molar-refractivity contribution in [2.75, 3.05) is 11.9 Å². The topological polar surface area (TPSA) is 75.6 Å². The second-order valence-electron chi connectivity index (χ2n) is 7.13. The van der Waals surface area contributed by atoms with Gasteiger partial charge in [0, 0.05) is 16.8 Å². The van der Waals surface area contributed by atoms with Crippen LogP contribution in [-0.4, -0.2) is 23.6 Å². The molecule has 6 heteroatoms. The average Bonchev–Trinajstić information content (AvgIpc) is 2.66. The normalized spacial score (nSPS) is 20.0. The van der Waals surface area contributed by atoms with Crippen LogP contribution in [-0.2, 0) is 4.79 Å². The maximum atomic E-state index is 13.4. The van der Waals surface area contributed by atoms with Crippen molar-refractivity contribution in [3.63, 3.8) is 0 Å². The summed E-state index contributed by atoms with van der Waals surface area (Å²) in [7, 11) is 0. The Balaban J connectivity index is 1.70. The number of hydrogen-bond donors (Lipinski definition) is 2. The van der Waals surface area contributed by atoms with E-state index in [1.54, 1.807) is 24.3 Å². The van der Waals surface area contributed by atoms with E-state index in [1.807, 2.05) is 0 Å². The predicted octanol–water partition coefficient (Wildman–Crippen LogP) is 4.30. The molecule has 1 amide bonds. The minimum absolute atomic E-state index is 0.270. The molecule has 0 unspecified atom stereocenters. The number of carboxylic acids is 1. The maximum absolute atomic E-state index is 13.4. The van der Waals surface area contributed by atoms with Crippen molar-refractivity contribution in [2.24, 2.45) is 0 Å². The van der Waals surface area contributed by atoms with E-state index in [0.717, 1.165) is 36.8 Å². The Bertz CT molecular complexity index is 903. The minimum atomic E-state index is -1.03. The number of carbonyl (C=O) groups excluding carboxylic acids is 1. The van der Waals surface area contributed by atoms with E-state index in [-0.39, 0.29) is 17.7 Å². The van der Waals surface area contributed by atoms with Gasteiger partial charge in [-0.1, -0.05) is 6.07 Å². The monoisotopic (exact) mass is 369 g/mol. The van der Waals surface area contributed by atoms with Crippen molar-refractivity contribution in [1.29, 1.82) is 0 Å². The Hall–Kier alpha value is -2.89. The zero-order valence-corrected chi connectivity index (χ0v) is 14.7. The molecule has 0 aromatic heterocycles. The molecule has 140 valence electrons. The Morgan fingerprint density at radius 3 is 2.44 bits per heavy atom. The second-order valence-corrected chi connectivity index (χ2v) is 7.13. The third-order valence-corrected chi connectivity index (χ3v) is 5.47. The van der Waals surface area contributed by atoms with Crippen molar-refractivity contribution >= 4 is 17.6 Å². The van der Waals surface area contributed by atoms with Crippen LogP contribution in [0.3, 0.4) is 0 Å². The highest BCUT2D eigenvalue weighted by molar-refractivity contribution is 6.06. The van der Waals surface area contributed by atoms with Gasteiger partial charge in [0.2, 0.25) is 0 Å². The molecule has 0 heterocycles. The number of hydrogen-bond acceptors (Lipinski definition) is 3. The summed E-state index contributed by atoms with van der Waals surface area (Å²) in [6.45, 7) is -0.404.